The van der Waals surface area contributed by atoms with Crippen molar-refractivity contribution in [3.05, 3.63) is 47.5 Å². The number of hydrogen-bond donors (Lipinski definition) is 16. The number of aryl methyl sites for hydroxylation is 2. The molecule has 0 saturated carbocycles. The number of nitrogens with zero attached hydrogens (tertiary/aromatic N) is 5. The van der Waals surface area contributed by atoms with Gasteiger partial charge in [0.25, 0.3) is 17.6 Å². The maximum atomic E-state index is 13.4. The van der Waals surface area contributed by atoms with E-state index in [2.05, 4.69) is 30.9 Å². The molecule has 0 aliphatic carbocycles. The molecule has 0 bridgehead atoms. The minimum atomic E-state index is -1.94. The fourth-order valence-corrected chi connectivity index (χ4v) is 7.21. The number of nitrogens with one attached hydrogen (secondary N) is 4. The van der Waals surface area contributed by atoms with Crippen LogP contribution in [-0.2, 0) is 24.4 Å². The second-order valence-corrected chi connectivity index (χ2v) is 15.1. The highest BCUT2D eigenvalue weighted by molar-refractivity contribution is 5.98. The lowest BCUT2D eigenvalue weighted by Gasteiger charge is -2.33. The van der Waals surface area contributed by atoms with Crippen LogP contribution in [0.4, 0.5) is 5.82 Å². The molecule has 0 aliphatic rings. The molecule has 0 radical (unpaired) electrons. The third-order valence-electron chi connectivity index (χ3n) is 10.8. The molecule has 3 heterocycles. The van der Waals surface area contributed by atoms with Gasteiger partial charge < -0.3 is 83.5 Å². The summed E-state index contributed by atoms with van der Waals surface area (Å²) in [6.07, 6.45) is -12.8. The van der Waals surface area contributed by atoms with Gasteiger partial charge in [-0.05, 0) is 58.0 Å². The van der Waals surface area contributed by atoms with Crippen molar-refractivity contribution in [3.8, 4) is 0 Å². The first-order valence-electron chi connectivity index (χ1n) is 20.6. The molecule has 9 atom stereocenters. The summed E-state index contributed by atoms with van der Waals surface area (Å²) in [7, 11) is 0. The predicted octanol–water partition coefficient (Wildman–Crippen LogP) is -6.12. The van der Waals surface area contributed by atoms with Crippen LogP contribution in [0.15, 0.2) is 30.5 Å². The van der Waals surface area contributed by atoms with Crippen molar-refractivity contribution in [1.29, 1.82) is 0 Å². The van der Waals surface area contributed by atoms with E-state index >= 15 is 0 Å². The van der Waals surface area contributed by atoms with Crippen molar-refractivity contribution in [3.63, 3.8) is 0 Å². The quantitative estimate of drug-likeness (QED) is 0.0196. The lowest BCUT2D eigenvalue weighted by Crippen LogP contribution is -2.53. The summed E-state index contributed by atoms with van der Waals surface area (Å²) < 4.78 is 4.00. The van der Waals surface area contributed by atoms with Gasteiger partial charge >= 0.3 is 0 Å². The van der Waals surface area contributed by atoms with Gasteiger partial charge in [0.1, 0.15) is 48.7 Å². The zero-order valence-corrected chi connectivity index (χ0v) is 35.2. The van der Waals surface area contributed by atoms with Crippen molar-refractivity contribution < 1.29 is 70.0 Å². The Bertz CT molecular complexity index is 2090. The molecule has 3 aromatic heterocycles. The Hall–Kier alpha value is -4.96. The number of aliphatic hydroxyl groups is 10. The third kappa shape index (κ3) is 12.8. The summed E-state index contributed by atoms with van der Waals surface area (Å²) in [5.41, 5.74) is 14.5. The highest BCUT2D eigenvalue weighted by Crippen LogP contribution is 2.19. The van der Waals surface area contributed by atoms with E-state index in [1.165, 1.54) is 4.90 Å². The Balaban J connectivity index is 1.36. The molecule has 0 spiro atoms. The van der Waals surface area contributed by atoms with E-state index in [1.54, 1.807) is 24.4 Å². The number of fused-ring (bicyclic) bond motifs is 2. The topological polar surface area (TPSA) is 395 Å². The number of aliphatic hydroxyl groups excluding tert-OH is 10. The SMILES string of the molecule is CCn1c(CNC(=O)c2nc3cc[nH]c3nc2N)[n+](CC)c2ccc(C(=O)NCC[C@H](NCCCN(C[C@H](O)[C@@H](O)[C@H](O)[C@H](O)CO)C[C@H](O)[C@@H](O)[C@H](O)[C@H](O)CO)C(N)=O)cc21. The average molecular weight is 893 g/mol. The number of nitrogens with two attached hydrogens (primary N) is 2. The first-order valence-corrected chi connectivity index (χ1v) is 20.6. The molecular formula is C39H62N11O13+. The molecule has 0 unspecified atom stereocenters. The lowest BCUT2D eigenvalue weighted by molar-refractivity contribution is -0.676. The predicted molar refractivity (Wildman–Crippen MR) is 224 cm³/mol. The molecule has 4 aromatic rings. The van der Waals surface area contributed by atoms with Crippen LogP contribution in [0.1, 0.15) is 53.4 Å². The van der Waals surface area contributed by atoms with E-state index < -0.39 is 98.9 Å². The summed E-state index contributed by atoms with van der Waals surface area (Å²) in [4.78, 5) is 51.7. The summed E-state index contributed by atoms with van der Waals surface area (Å²) >= 11 is 0. The second kappa shape index (κ2) is 23.6. The molecule has 24 nitrogen and oxygen atoms in total. The fourth-order valence-electron chi connectivity index (χ4n) is 7.21. The van der Waals surface area contributed by atoms with Gasteiger partial charge in [-0.15, -0.1) is 0 Å². The molecule has 1 aromatic carbocycles. The van der Waals surface area contributed by atoms with Crippen LogP contribution in [0.5, 0.6) is 0 Å². The number of nitrogen functional groups attached to an aromatic ring is 1. The normalized spacial score (nSPS) is 16.3. The van der Waals surface area contributed by atoms with E-state index in [0.29, 0.717) is 29.8 Å². The van der Waals surface area contributed by atoms with Gasteiger partial charge in [0, 0.05) is 37.5 Å². The summed E-state index contributed by atoms with van der Waals surface area (Å²) in [5, 5.41) is 108. The summed E-state index contributed by atoms with van der Waals surface area (Å²) in [6, 6.07) is 6.00. The van der Waals surface area contributed by atoms with E-state index in [0.717, 1.165) is 16.9 Å². The van der Waals surface area contributed by atoms with Gasteiger partial charge in [0.2, 0.25) is 5.91 Å². The molecule has 350 valence electrons. The number of aromatic nitrogens is 5. The van der Waals surface area contributed by atoms with Crippen LogP contribution in [0.3, 0.4) is 0 Å². The monoisotopic (exact) mass is 892 g/mol. The second-order valence-electron chi connectivity index (χ2n) is 15.1. The first kappa shape index (κ1) is 50.7. The standard InChI is InChI=1S/C39H61N11O13/c1-3-49-23-7-6-20(14-24(23)50(4-2)29(49)15-45-39(63)30-35(40)47-37-22(46-30)9-11-43-37)38(62)44-12-8-21(36(41)61)42-10-5-13-48(16-25(53)31(57)33(59)27(55)18-51)17-26(54)32(58)34(60)28(56)19-52/h6-7,9,11,14,21,25-28,31-34,42,51-60H,3-5,8,10,12-13,15-19H2,1-2H3,(H6-,40,41,43,44,45,46,47,61,62,63)/p+1/t21-,25-,26-,27+,28+,31+,32+,33+,34+/m0/s1. The van der Waals surface area contributed by atoms with Gasteiger partial charge in [0.05, 0.1) is 44.6 Å². The Kier molecular flexibility index (Phi) is 19.0. The van der Waals surface area contributed by atoms with Crippen molar-refractivity contribution in [1.82, 2.24) is 40.4 Å². The number of amides is 3. The van der Waals surface area contributed by atoms with Gasteiger partial charge in [-0.3, -0.25) is 19.3 Å². The van der Waals surface area contributed by atoms with Crippen molar-refractivity contribution in [2.45, 2.75) is 101 Å². The first-order chi connectivity index (χ1) is 30.0. The van der Waals surface area contributed by atoms with Crippen molar-refractivity contribution >= 4 is 45.7 Å². The molecule has 3 amide bonds. The largest absolute Gasteiger partial charge is 0.394 e. The number of carbonyl (C=O) groups excluding carboxylic acids is 3. The zero-order valence-electron chi connectivity index (χ0n) is 35.2. The number of imidazole rings is 1. The number of rotatable bonds is 27. The fraction of sp³-hybridized carbons (Fsp3) is 0.590. The minimum Gasteiger partial charge on any atom is -0.394 e. The minimum absolute atomic E-state index is 0.00231. The number of hydrogen-bond acceptors (Lipinski definition) is 18. The van der Waals surface area contributed by atoms with Crippen LogP contribution < -0.4 is 32.0 Å². The Labute approximate surface area is 361 Å². The van der Waals surface area contributed by atoms with E-state index in [4.69, 9.17) is 21.7 Å². The Morgan fingerprint density at radius 1 is 0.841 bits per heavy atom. The molecule has 0 saturated heterocycles. The molecule has 0 fully saturated rings. The maximum Gasteiger partial charge on any atom is 0.277 e. The van der Waals surface area contributed by atoms with Crippen LogP contribution in [0.25, 0.3) is 22.2 Å². The van der Waals surface area contributed by atoms with Gasteiger partial charge in [-0.2, -0.15) is 0 Å². The van der Waals surface area contributed by atoms with Gasteiger partial charge in [0.15, 0.2) is 28.2 Å². The highest BCUT2D eigenvalue weighted by Gasteiger charge is 2.34. The highest BCUT2D eigenvalue weighted by atomic mass is 16.4. The average Bonchev–Trinajstić information content (AvgIpc) is 3.86. The molecular weight excluding hydrogens is 830 g/mol. The van der Waals surface area contributed by atoms with Crippen LogP contribution in [-0.4, -0.2) is 194 Å². The number of primary amides is 1. The van der Waals surface area contributed by atoms with Crippen LogP contribution >= 0.6 is 0 Å². The van der Waals surface area contributed by atoms with E-state index in [-0.39, 0.29) is 50.5 Å². The van der Waals surface area contributed by atoms with Crippen molar-refractivity contribution in [2.75, 3.05) is 51.7 Å². The Morgan fingerprint density at radius 2 is 1.46 bits per heavy atom. The molecule has 4 rings (SSSR count). The number of carbonyl (C=O) groups is 3. The van der Waals surface area contributed by atoms with E-state index in [1.807, 2.05) is 29.0 Å². The molecule has 24 heteroatoms. The number of aromatic amines is 1. The smallest absolute Gasteiger partial charge is 0.277 e. The molecule has 18 N–H and O–H groups in total. The molecule has 0 aliphatic heterocycles. The lowest BCUT2D eigenvalue weighted by atomic mass is 10.0. The van der Waals surface area contributed by atoms with E-state index in [9.17, 15) is 55.2 Å². The molecule has 63 heavy (non-hydrogen) atoms. The van der Waals surface area contributed by atoms with Gasteiger partial charge in [-0.25, -0.2) is 19.1 Å². The maximum absolute atomic E-state index is 13.4. The third-order valence-corrected chi connectivity index (χ3v) is 10.8. The van der Waals surface area contributed by atoms with Crippen LogP contribution in [0.2, 0.25) is 0 Å². The Morgan fingerprint density at radius 3 is 2.03 bits per heavy atom. The number of benzene rings is 1. The number of anilines is 1. The van der Waals surface area contributed by atoms with Crippen LogP contribution in [0, 0.1) is 0 Å². The van der Waals surface area contributed by atoms with Crippen molar-refractivity contribution in [2.24, 2.45) is 5.73 Å². The van der Waals surface area contributed by atoms with Gasteiger partial charge in [-0.1, -0.05) is 0 Å². The zero-order chi connectivity index (χ0) is 46.5. The number of H-pyrrole nitrogens is 1. The summed E-state index contributed by atoms with van der Waals surface area (Å²) in [5.74, 6) is -0.874. The summed E-state index contributed by atoms with van der Waals surface area (Å²) in [6.45, 7) is 2.57.